The van der Waals surface area contributed by atoms with Crippen LogP contribution >= 0.6 is 0 Å². The van der Waals surface area contributed by atoms with Gasteiger partial charge in [0.15, 0.2) is 0 Å². The van der Waals surface area contributed by atoms with Crippen LogP contribution in [0.4, 0.5) is 0 Å². The molecule has 0 aliphatic heterocycles. The molecule has 0 aromatic carbocycles. The molecule has 0 bridgehead atoms. The SMILES string of the molecule is O=C(CCc1nc(-c2cccnc2)no1)NC1CCCCCCC1. The van der Waals surface area contributed by atoms with Gasteiger partial charge in [0, 0.05) is 36.8 Å². The molecule has 2 aromatic heterocycles. The van der Waals surface area contributed by atoms with Crippen LogP contribution in [0.15, 0.2) is 29.0 Å². The first-order valence-corrected chi connectivity index (χ1v) is 8.83. The lowest BCUT2D eigenvalue weighted by Crippen LogP contribution is -2.35. The van der Waals surface area contributed by atoms with Gasteiger partial charge in [-0.3, -0.25) is 9.78 Å². The molecule has 2 aromatic rings. The van der Waals surface area contributed by atoms with Crippen molar-refractivity contribution >= 4 is 5.91 Å². The standard InChI is InChI=1S/C18H24N4O2/c23-16(20-15-8-4-2-1-3-5-9-15)10-11-17-21-18(22-24-17)14-7-6-12-19-13-14/h6-7,12-13,15H,1-5,8-11H2,(H,20,23). The normalized spacial score (nSPS) is 16.3. The van der Waals surface area contributed by atoms with E-state index in [1.807, 2.05) is 12.1 Å². The third-order valence-electron chi connectivity index (χ3n) is 4.42. The molecular formula is C18H24N4O2. The Hall–Kier alpha value is -2.24. The Morgan fingerprint density at radius 2 is 2.00 bits per heavy atom. The fraction of sp³-hybridized carbons (Fsp3) is 0.556. The number of pyridine rings is 1. The summed E-state index contributed by atoms with van der Waals surface area (Å²) in [4.78, 5) is 20.5. The summed E-state index contributed by atoms with van der Waals surface area (Å²) in [5, 5.41) is 7.10. The molecular weight excluding hydrogens is 304 g/mol. The van der Waals surface area contributed by atoms with Gasteiger partial charge in [0.25, 0.3) is 0 Å². The molecule has 1 N–H and O–H groups in total. The number of hydrogen-bond donors (Lipinski definition) is 1. The van der Waals surface area contributed by atoms with Crippen molar-refractivity contribution in [3.8, 4) is 11.4 Å². The first-order chi connectivity index (χ1) is 11.8. The molecule has 0 unspecified atom stereocenters. The minimum absolute atomic E-state index is 0.0710. The number of nitrogens with zero attached hydrogens (tertiary/aromatic N) is 3. The highest BCUT2D eigenvalue weighted by Crippen LogP contribution is 2.17. The first kappa shape index (κ1) is 16.6. The molecule has 3 rings (SSSR count). The molecule has 1 aliphatic rings. The zero-order chi connectivity index (χ0) is 16.6. The van der Waals surface area contributed by atoms with Gasteiger partial charge in [-0.2, -0.15) is 4.98 Å². The van der Waals surface area contributed by atoms with Gasteiger partial charge < -0.3 is 9.84 Å². The zero-order valence-electron chi connectivity index (χ0n) is 13.9. The largest absolute Gasteiger partial charge is 0.353 e. The summed E-state index contributed by atoms with van der Waals surface area (Å²) in [5.74, 6) is 1.07. The van der Waals surface area contributed by atoms with Gasteiger partial charge in [-0.05, 0) is 25.0 Å². The number of aromatic nitrogens is 3. The van der Waals surface area contributed by atoms with E-state index >= 15 is 0 Å². The van der Waals surface area contributed by atoms with E-state index in [-0.39, 0.29) is 5.91 Å². The Morgan fingerprint density at radius 1 is 1.21 bits per heavy atom. The third-order valence-corrected chi connectivity index (χ3v) is 4.42. The molecule has 1 saturated carbocycles. The Labute approximate surface area is 142 Å². The monoisotopic (exact) mass is 328 g/mol. The third kappa shape index (κ3) is 4.88. The van der Waals surface area contributed by atoms with Crippen LogP contribution in [0.25, 0.3) is 11.4 Å². The highest BCUT2D eigenvalue weighted by atomic mass is 16.5. The van der Waals surface area contributed by atoms with E-state index in [9.17, 15) is 4.79 Å². The minimum atomic E-state index is 0.0710. The fourth-order valence-electron chi connectivity index (χ4n) is 3.09. The molecule has 6 nitrogen and oxygen atoms in total. The van der Waals surface area contributed by atoms with E-state index < -0.39 is 0 Å². The molecule has 1 fully saturated rings. The number of carbonyl (C=O) groups excluding carboxylic acids is 1. The molecule has 0 saturated heterocycles. The van der Waals surface area contributed by atoms with Crippen LogP contribution < -0.4 is 5.32 Å². The van der Waals surface area contributed by atoms with Gasteiger partial charge in [-0.25, -0.2) is 0 Å². The van der Waals surface area contributed by atoms with Crippen LogP contribution in [0.2, 0.25) is 0 Å². The quantitative estimate of drug-likeness (QED) is 0.911. The number of hydrogen-bond acceptors (Lipinski definition) is 5. The molecule has 1 aliphatic carbocycles. The predicted octanol–water partition coefficient (Wildman–Crippen LogP) is 3.29. The summed E-state index contributed by atoms with van der Waals surface area (Å²) in [7, 11) is 0. The summed E-state index contributed by atoms with van der Waals surface area (Å²) < 4.78 is 5.23. The van der Waals surface area contributed by atoms with Gasteiger partial charge in [-0.1, -0.05) is 37.3 Å². The first-order valence-electron chi connectivity index (χ1n) is 8.83. The van der Waals surface area contributed by atoms with E-state index in [4.69, 9.17) is 4.52 Å². The average molecular weight is 328 g/mol. The predicted molar refractivity (Wildman–Crippen MR) is 90.1 cm³/mol. The molecule has 2 heterocycles. The van der Waals surface area contributed by atoms with Crippen LogP contribution in [0.1, 0.15) is 57.3 Å². The highest BCUT2D eigenvalue weighted by molar-refractivity contribution is 5.76. The van der Waals surface area contributed by atoms with Crippen molar-refractivity contribution < 1.29 is 9.32 Å². The maximum atomic E-state index is 12.1. The smallest absolute Gasteiger partial charge is 0.227 e. The summed E-state index contributed by atoms with van der Waals surface area (Å²) in [6.07, 6.45) is 12.7. The zero-order valence-corrected chi connectivity index (χ0v) is 13.9. The Balaban J connectivity index is 1.47. The number of nitrogens with one attached hydrogen (secondary N) is 1. The Kier molecular flexibility index (Phi) is 5.93. The molecule has 0 atom stereocenters. The topological polar surface area (TPSA) is 80.9 Å². The van der Waals surface area contributed by atoms with E-state index in [0.717, 1.165) is 18.4 Å². The summed E-state index contributed by atoms with van der Waals surface area (Å²) in [6.45, 7) is 0. The number of carbonyl (C=O) groups is 1. The molecule has 0 spiro atoms. The lowest BCUT2D eigenvalue weighted by atomic mass is 9.96. The van der Waals surface area contributed by atoms with Gasteiger partial charge in [0.05, 0.1) is 0 Å². The van der Waals surface area contributed by atoms with Crippen molar-refractivity contribution in [3.63, 3.8) is 0 Å². The van der Waals surface area contributed by atoms with Crippen molar-refractivity contribution in [2.45, 2.75) is 63.8 Å². The van der Waals surface area contributed by atoms with Crippen molar-refractivity contribution in [1.82, 2.24) is 20.4 Å². The Morgan fingerprint density at radius 3 is 2.75 bits per heavy atom. The fourth-order valence-corrected chi connectivity index (χ4v) is 3.09. The second-order valence-corrected chi connectivity index (χ2v) is 6.36. The Bertz CT molecular complexity index is 633. The van der Waals surface area contributed by atoms with Gasteiger partial charge >= 0.3 is 0 Å². The van der Waals surface area contributed by atoms with Gasteiger partial charge in [0.1, 0.15) is 0 Å². The van der Waals surface area contributed by atoms with E-state index in [0.29, 0.717) is 30.6 Å². The van der Waals surface area contributed by atoms with E-state index in [1.165, 1.54) is 32.1 Å². The van der Waals surface area contributed by atoms with E-state index in [1.54, 1.807) is 12.4 Å². The highest BCUT2D eigenvalue weighted by Gasteiger charge is 2.15. The van der Waals surface area contributed by atoms with Crippen molar-refractivity contribution in [2.75, 3.05) is 0 Å². The molecule has 1 amide bonds. The minimum Gasteiger partial charge on any atom is -0.353 e. The van der Waals surface area contributed by atoms with Crippen molar-refractivity contribution in [3.05, 3.63) is 30.4 Å². The maximum Gasteiger partial charge on any atom is 0.227 e. The van der Waals surface area contributed by atoms with E-state index in [2.05, 4.69) is 20.4 Å². The van der Waals surface area contributed by atoms with Crippen LogP contribution in [0.5, 0.6) is 0 Å². The summed E-state index contributed by atoms with van der Waals surface area (Å²) >= 11 is 0. The van der Waals surface area contributed by atoms with Crippen molar-refractivity contribution in [1.29, 1.82) is 0 Å². The second kappa shape index (κ2) is 8.57. The molecule has 6 heteroatoms. The number of amides is 1. The van der Waals surface area contributed by atoms with Crippen molar-refractivity contribution in [2.24, 2.45) is 0 Å². The lowest BCUT2D eigenvalue weighted by molar-refractivity contribution is -0.122. The van der Waals surface area contributed by atoms with Crippen LogP contribution in [-0.2, 0) is 11.2 Å². The summed E-state index contributed by atoms with van der Waals surface area (Å²) in [5.41, 5.74) is 0.812. The molecule has 128 valence electrons. The van der Waals surface area contributed by atoms with Gasteiger partial charge in [-0.15, -0.1) is 0 Å². The molecule has 0 radical (unpaired) electrons. The van der Waals surface area contributed by atoms with Gasteiger partial charge in [0.2, 0.25) is 17.6 Å². The summed E-state index contributed by atoms with van der Waals surface area (Å²) in [6, 6.07) is 4.03. The number of aryl methyl sites for hydroxylation is 1. The van der Waals surface area contributed by atoms with Crippen LogP contribution in [0, 0.1) is 0 Å². The lowest BCUT2D eigenvalue weighted by Gasteiger charge is -2.20. The van der Waals surface area contributed by atoms with Crippen LogP contribution in [0.3, 0.4) is 0 Å². The van der Waals surface area contributed by atoms with Crippen LogP contribution in [-0.4, -0.2) is 27.1 Å². The number of rotatable bonds is 5. The maximum absolute atomic E-state index is 12.1. The average Bonchev–Trinajstić information content (AvgIpc) is 3.05. The molecule has 24 heavy (non-hydrogen) atoms. The second-order valence-electron chi connectivity index (χ2n) is 6.36.